The molecular weight excluding hydrogens is 490 g/mol. The van der Waals surface area contributed by atoms with Gasteiger partial charge in [0.25, 0.3) is 5.91 Å². The number of halogens is 1. The van der Waals surface area contributed by atoms with Gasteiger partial charge in [0, 0.05) is 21.8 Å². The van der Waals surface area contributed by atoms with Gasteiger partial charge in [-0.2, -0.15) is 0 Å². The number of carbonyl (C=O) groups is 2. The summed E-state index contributed by atoms with van der Waals surface area (Å²) in [4.78, 5) is 23.8. The molecule has 3 aromatic carbocycles. The van der Waals surface area contributed by atoms with Gasteiger partial charge < -0.3 is 24.4 Å². The van der Waals surface area contributed by atoms with E-state index in [9.17, 15) is 14.1 Å². The molecule has 1 unspecified atom stereocenters. The van der Waals surface area contributed by atoms with Crippen molar-refractivity contribution in [2.24, 2.45) is 0 Å². The molecule has 0 spiro atoms. The number of amides is 1. The summed E-state index contributed by atoms with van der Waals surface area (Å²) in [6.07, 6.45) is -0.166. The fraction of sp³-hybridized carbons (Fsp3) is 0.231. The largest absolute Gasteiger partial charge is 0.616 e. The quantitative estimate of drug-likeness (QED) is 0.336. The average Bonchev–Trinajstić information content (AvgIpc) is 2.80. The number of rotatable bonds is 10. The third-order valence-electron chi connectivity index (χ3n) is 5.05. The van der Waals surface area contributed by atoms with Crippen LogP contribution in [0.4, 0.5) is 5.69 Å². The van der Waals surface area contributed by atoms with Gasteiger partial charge in [0.05, 0.1) is 13.5 Å². The lowest BCUT2D eigenvalue weighted by Crippen LogP contribution is -2.17. The van der Waals surface area contributed by atoms with Crippen LogP contribution in [-0.2, 0) is 28.1 Å². The SMILES string of the molecule is COc1ccc(CC(=O)O)cc1Oc1ccc(NC(=O)c2ccc(Cl)cc2)cc1C[S+]([O-])C(C)C. The summed E-state index contributed by atoms with van der Waals surface area (Å²) in [5.41, 5.74) is 2.13. The number of ether oxygens (including phenoxy) is 2. The first-order valence-corrected chi connectivity index (χ1v) is 12.6. The molecule has 3 rings (SSSR count). The van der Waals surface area contributed by atoms with Crippen LogP contribution in [0, 0.1) is 0 Å². The Kier molecular flexibility index (Phi) is 9.03. The summed E-state index contributed by atoms with van der Waals surface area (Å²) in [5, 5.41) is 12.4. The fourth-order valence-corrected chi connectivity index (χ4v) is 4.19. The Morgan fingerprint density at radius 2 is 1.71 bits per heavy atom. The third-order valence-corrected chi connectivity index (χ3v) is 6.95. The van der Waals surface area contributed by atoms with E-state index < -0.39 is 17.1 Å². The van der Waals surface area contributed by atoms with Crippen LogP contribution in [0.15, 0.2) is 60.7 Å². The summed E-state index contributed by atoms with van der Waals surface area (Å²) >= 11 is 4.71. The maximum Gasteiger partial charge on any atom is 0.307 e. The Bertz CT molecular complexity index is 1200. The van der Waals surface area contributed by atoms with Gasteiger partial charge in [-0.1, -0.05) is 17.7 Å². The molecule has 0 saturated carbocycles. The van der Waals surface area contributed by atoms with E-state index in [2.05, 4.69) is 5.32 Å². The number of hydrogen-bond acceptors (Lipinski definition) is 5. The number of nitrogens with one attached hydrogen (secondary N) is 1. The van der Waals surface area contributed by atoms with Crippen LogP contribution in [0.5, 0.6) is 17.2 Å². The molecule has 1 atom stereocenters. The number of anilines is 1. The monoisotopic (exact) mass is 515 g/mol. The molecule has 0 heterocycles. The molecule has 0 aromatic heterocycles. The number of aliphatic carboxylic acids is 1. The molecular formula is C26H26ClNO6S. The van der Waals surface area contributed by atoms with Crippen LogP contribution in [-0.4, -0.2) is 33.9 Å². The molecule has 0 aliphatic rings. The summed E-state index contributed by atoms with van der Waals surface area (Å²) in [7, 11) is 1.49. The Labute approximate surface area is 212 Å². The predicted octanol–water partition coefficient (Wildman–Crippen LogP) is 5.68. The van der Waals surface area contributed by atoms with Crippen molar-refractivity contribution >= 4 is 40.3 Å². The van der Waals surface area contributed by atoms with Crippen LogP contribution in [0.25, 0.3) is 0 Å². The number of carbonyl (C=O) groups excluding carboxylic acids is 1. The van der Waals surface area contributed by atoms with Crippen LogP contribution in [0.1, 0.15) is 35.3 Å². The van der Waals surface area contributed by atoms with Crippen molar-refractivity contribution in [2.75, 3.05) is 12.4 Å². The minimum absolute atomic E-state index is 0.0800. The summed E-state index contributed by atoms with van der Waals surface area (Å²) in [5.74, 6) is 0.115. The molecule has 0 saturated heterocycles. The van der Waals surface area contributed by atoms with Crippen LogP contribution < -0.4 is 14.8 Å². The third kappa shape index (κ3) is 7.39. The van der Waals surface area contributed by atoms with Crippen molar-refractivity contribution < 1.29 is 28.7 Å². The lowest BCUT2D eigenvalue weighted by Gasteiger charge is -2.19. The van der Waals surface area contributed by atoms with Crippen molar-refractivity contribution in [1.82, 2.24) is 0 Å². The highest BCUT2D eigenvalue weighted by atomic mass is 35.5. The van der Waals surface area contributed by atoms with Gasteiger partial charge in [-0.3, -0.25) is 9.59 Å². The zero-order valence-electron chi connectivity index (χ0n) is 19.5. The van der Waals surface area contributed by atoms with Gasteiger partial charge in [0.1, 0.15) is 16.8 Å². The first kappa shape index (κ1) is 26.4. The topological polar surface area (TPSA) is 108 Å². The van der Waals surface area contributed by atoms with Crippen molar-refractivity contribution in [3.05, 3.63) is 82.4 Å². The lowest BCUT2D eigenvalue weighted by atomic mass is 10.1. The van der Waals surface area contributed by atoms with E-state index in [1.165, 1.54) is 7.11 Å². The summed E-state index contributed by atoms with van der Waals surface area (Å²) < 4.78 is 24.2. The van der Waals surface area contributed by atoms with E-state index in [0.717, 1.165) is 0 Å². The minimum atomic E-state index is -1.19. The summed E-state index contributed by atoms with van der Waals surface area (Å²) in [6, 6.07) is 16.5. The minimum Gasteiger partial charge on any atom is -0.616 e. The van der Waals surface area contributed by atoms with Gasteiger partial charge in [-0.25, -0.2) is 0 Å². The zero-order valence-corrected chi connectivity index (χ0v) is 21.1. The highest BCUT2D eigenvalue weighted by molar-refractivity contribution is 7.91. The lowest BCUT2D eigenvalue weighted by molar-refractivity contribution is -0.136. The van der Waals surface area contributed by atoms with Gasteiger partial charge in [0.2, 0.25) is 0 Å². The molecule has 35 heavy (non-hydrogen) atoms. The van der Waals surface area contributed by atoms with Crippen LogP contribution >= 0.6 is 11.6 Å². The molecule has 1 amide bonds. The second-order valence-electron chi connectivity index (χ2n) is 8.02. The van der Waals surface area contributed by atoms with Crippen molar-refractivity contribution in [1.29, 1.82) is 0 Å². The Morgan fingerprint density at radius 3 is 2.34 bits per heavy atom. The molecule has 0 bridgehead atoms. The summed E-state index contributed by atoms with van der Waals surface area (Å²) in [6.45, 7) is 3.72. The predicted molar refractivity (Wildman–Crippen MR) is 137 cm³/mol. The van der Waals surface area contributed by atoms with E-state index in [1.807, 2.05) is 13.8 Å². The zero-order chi connectivity index (χ0) is 25.5. The normalized spacial score (nSPS) is 11.7. The highest BCUT2D eigenvalue weighted by Crippen LogP contribution is 2.36. The number of carboxylic acids is 1. The molecule has 0 radical (unpaired) electrons. The van der Waals surface area contributed by atoms with E-state index in [-0.39, 0.29) is 23.3 Å². The van der Waals surface area contributed by atoms with Gasteiger partial charge in [-0.15, -0.1) is 0 Å². The van der Waals surface area contributed by atoms with Gasteiger partial charge in [-0.05, 0) is 85.2 Å². The smallest absolute Gasteiger partial charge is 0.307 e. The van der Waals surface area contributed by atoms with Crippen molar-refractivity contribution in [3.63, 3.8) is 0 Å². The van der Waals surface area contributed by atoms with E-state index in [4.69, 9.17) is 26.2 Å². The molecule has 0 aliphatic carbocycles. The fourth-order valence-electron chi connectivity index (χ4n) is 3.20. The molecule has 3 aromatic rings. The molecule has 184 valence electrons. The second kappa shape index (κ2) is 12.0. The number of carboxylic acid groups (broad SMARTS) is 1. The first-order valence-electron chi connectivity index (χ1n) is 10.8. The Hall–Kier alpha value is -3.20. The number of hydrogen-bond donors (Lipinski definition) is 2. The van der Waals surface area contributed by atoms with E-state index >= 15 is 0 Å². The maximum atomic E-state index is 12.7. The molecule has 0 fully saturated rings. The van der Waals surface area contributed by atoms with Crippen molar-refractivity contribution in [2.45, 2.75) is 31.3 Å². The van der Waals surface area contributed by atoms with Gasteiger partial charge in [0.15, 0.2) is 11.5 Å². The van der Waals surface area contributed by atoms with Gasteiger partial charge >= 0.3 is 5.97 Å². The molecule has 9 heteroatoms. The second-order valence-corrected chi connectivity index (χ2v) is 10.4. The standard InChI is InChI=1S/C26H26ClNO6S/c1-16(2)35(32)15-19-14-21(28-26(31)18-5-7-20(27)8-6-18)9-11-22(19)34-24-12-17(13-25(29)30)4-10-23(24)33-3/h4-12,14,16H,13,15H2,1-3H3,(H,28,31)(H,29,30). The Morgan fingerprint density at radius 1 is 1.03 bits per heavy atom. The van der Waals surface area contributed by atoms with E-state index in [1.54, 1.807) is 60.7 Å². The first-order chi connectivity index (χ1) is 16.7. The molecule has 2 N–H and O–H groups in total. The number of benzene rings is 3. The van der Waals surface area contributed by atoms with E-state index in [0.29, 0.717) is 44.6 Å². The van der Waals surface area contributed by atoms with Crippen molar-refractivity contribution in [3.8, 4) is 17.2 Å². The molecule has 7 nitrogen and oxygen atoms in total. The number of methoxy groups -OCH3 is 1. The average molecular weight is 516 g/mol. The molecule has 0 aliphatic heterocycles. The maximum absolute atomic E-state index is 12.7. The Balaban J connectivity index is 1.92. The highest BCUT2D eigenvalue weighted by Gasteiger charge is 2.19. The van der Waals surface area contributed by atoms with Crippen LogP contribution in [0.2, 0.25) is 5.02 Å². The van der Waals surface area contributed by atoms with Crippen LogP contribution in [0.3, 0.4) is 0 Å².